The normalized spacial score (nSPS) is 11.3. The van der Waals surface area contributed by atoms with Crippen LogP contribution in [0.4, 0.5) is 5.69 Å². The quantitative estimate of drug-likeness (QED) is 0.853. The second-order valence-electron chi connectivity index (χ2n) is 5.60. The van der Waals surface area contributed by atoms with Gasteiger partial charge >= 0.3 is 0 Å². The molecule has 2 rings (SSSR count). The lowest BCUT2D eigenvalue weighted by molar-refractivity contribution is -0.115. The van der Waals surface area contributed by atoms with E-state index >= 15 is 0 Å². The van der Waals surface area contributed by atoms with Crippen LogP contribution in [0.15, 0.2) is 41.3 Å². The fraction of sp³-hybridized carbons (Fsp3) is 0.235. The number of amides is 1. The Morgan fingerprint density at radius 2 is 1.75 bits per heavy atom. The maximum absolute atomic E-state index is 12.3. The van der Waals surface area contributed by atoms with E-state index in [-0.39, 0.29) is 11.4 Å². The van der Waals surface area contributed by atoms with Crippen LogP contribution in [0.2, 0.25) is 5.02 Å². The van der Waals surface area contributed by atoms with Gasteiger partial charge in [-0.1, -0.05) is 29.3 Å². The van der Waals surface area contributed by atoms with Crippen LogP contribution in [0.3, 0.4) is 0 Å². The monoisotopic (exact) mass is 366 g/mol. The zero-order chi connectivity index (χ0) is 17.9. The van der Waals surface area contributed by atoms with E-state index in [1.807, 2.05) is 6.92 Å². The van der Waals surface area contributed by atoms with Gasteiger partial charge in [0.05, 0.1) is 11.4 Å². The number of nitrogens with one attached hydrogen (secondary N) is 2. The summed E-state index contributed by atoms with van der Waals surface area (Å²) in [6, 6.07) is 10.1. The summed E-state index contributed by atoms with van der Waals surface area (Å²) in [5, 5.41) is 3.23. The molecule has 0 fully saturated rings. The lowest BCUT2D eigenvalue weighted by Crippen LogP contribution is -2.33. The van der Waals surface area contributed by atoms with E-state index in [4.69, 9.17) is 11.6 Å². The van der Waals surface area contributed by atoms with Crippen molar-refractivity contribution >= 4 is 33.2 Å². The van der Waals surface area contributed by atoms with Crippen molar-refractivity contribution in [1.29, 1.82) is 0 Å². The molecule has 2 N–H and O–H groups in total. The Bertz CT molecular complexity index is 879. The first-order valence-corrected chi connectivity index (χ1v) is 9.18. The van der Waals surface area contributed by atoms with Gasteiger partial charge in [-0.2, -0.15) is 0 Å². The minimum atomic E-state index is -3.74. The molecule has 0 spiro atoms. The Labute approximate surface area is 147 Å². The molecule has 0 aliphatic carbocycles. The van der Waals surface area contributed by atoms with Crippen molar-refractivity contribution in [3.8, 4) is 0 Å². The molecular formula is C17H19ClN2O3S. The first kappa shape index (κ1) is 18.4. The first-order chi connectivity index (χ1) is 11.2. The van der Waals surface area contributed by atoms with E-state index in [2.05, 4.69) is 10.0 Å². The molecule has 0 aliphatic heterocycles. The third kappa shape index (κ3) is 4.56. The zero-order valence-corrected chi connectivity index (χ0v) is 15.3. The molecule has 2 aromatic rings. The van der Waals surface area contributed by atoms with Gasteiger partial charge in [0, 0.05) is 10.7 Å². The van der Waals surface area contributed by atoms with E-state index < -0.39 is 15.9 Å². The van der Waals surface area contributed by atoms with E-state index in [0.717, 1.165) is 11.1 Å². The number of benzene rings is 2. The highest BCUT2D eigenvalue weighted by Gasteiger charge is 2.18. The second kappa shape index (κ2) is 7.34. The first-order valence-electron chi connectivity index (χ1n) is 7.32. The molecule has 2 aromatic carbocycles. The molecule has 0 atom stereocenters. The molecular weight excluding hydrogens is 348 g/mol. The van der Waals surface area contributed by atoms with Crippen LogP contribution in [0.25, 0.3) is 0 Å². The standard InChI is InChI=1S/C17H19ClN2O3S/c1-11-4-7-16(13(3)8-11)24(22,23)19-10-17(21)20-15-6-5-14(18)9-12(15)2/h4-9,19H,10H2,1-3H3,(H,20,21). The van der Waals surface area contributed by atoms with E-state index in [9.17, 15) is 13.2 Å². The summed E-state index contributed by atoms with van der Waals surface area (Å²) in [5.74, 6) is -0.450. The van der Waals surface area contributed by atoms with Crippen molar-refractivity contribution < 1.29 is 13.2 Å². The fourth-order valence-corrected chi connectivity index (χ4v) is 3.73. The van der Waals surface area contributed by atoms with Crippen LogP contribution in [-0.4, -0.2) is 20.9 Å². The third-order valence-corrected chi connectivity index (χ3v) is 5.30. The number of halogens is 1. The lowest BCUT2D eigenvalue weighted by Gasteiger charge is -2.11. The molecule has 7 heteroatoms. The van der Waals surface area contributed by atoms with Gasteiger partial charge in [0.25, 0.3) is 0 Å². The minimum Gasteiger partial charge on any atom is -0.325 e. The highest BCUT2D eigenvalue weighted by atomic mass is 35.5. The number of rotatable bonds is 5. The summed E-state index contributed by atoms with van der Waals surface area (Å²) in [4.78, 5) is 12.2. The van der Waals surface area contributed by atoms with Crippen LogP contribution >= 0.6 is 11.6 Å². The summed E-state index contributed by atoms with van der Waals surface area (Å²) in [7, 11) is -3.74. The van der Waals surface area contributed by atoms with E-state index in [1.54, 1.807) is 44.2 Å². The molecule has 0 bridgehead atoms. The van der Waals surface area contributed by atoms with Crippen molar-refractivity contribution in [3.63, 3.8) is 0 Å². The molecule has 0 saturated heterocycles. The number of carbonyl (C=O) groups excluding carboxylic acids is 1. The third-order valence-electron chi connectivity index (χ3n) is 3.51. The smallest absolute Gasteiger partial charge is 0.241 e. The van der Waals surface area contributed by atoms with Crippen molar-refractivity contribution in [1.82, 2.24) is 4.72 Å². The molecule has 0 radical (unpaired) electrons. The molecule has 0 unspecified atom stereocenters. The van der Waals surface area contributed by atoms with Crippen molar-refractivity contribution in [2.75, 3.05) is 11.9 Å². The number of anilines is 1. The summed E-state index contributed by atoms with van der Waals surface area (Å²) >= 11 is 5.86. The molecule has 128 valence electrons. The van der Waals surface area contributed by atoms with Gasteiger partial charge in [-0.15, -0.1) is 0 Å². The summed E-state index contributed by atoms with van der Waals surface area (Å²) in [6.45, 7) is 5.07. The number of carbonyl (C=O) groups is 1. The van der Waals surface area contributed by atoms with Gasteiger partial charge in [-0.25, -0.2) is 13.1 Å². The van der Waals surface area contributed by atoms with Crippen molar-refractivity contribution in [3.05, 3.63) is 58.1 Å². The van der Waals surface area contributed by atoms with E-state index in [1.165, 1.54) is 6.07 Å². The Morgan fingerprint density at radius 1 is 1.04 bits per heavy atom. The van der Waals surface area contributed by atoms with Gasteiger partial charge in [0.1, 0.15) is 0 Å². The Balaban J connectivity index is 2.05. The molecule has 24 heavy (non-hydrogen) atoms. The van der Waals surface area contributed by atoms with Crippen molar-refractivity contribution in [2.45, 2.75) is 25.7 Å². The van der Waals surface area contributed by atoms with Gasteiger partial charge in [-0.3, -0.25) is 4.79 Å². The fourth-order valence-electron chi connectivity index (χ4n) is 2.30. The Kier molecular flexibility index (Phi) is 5.64. The number of aryl methyl sites for hydroxylation is 3. The molecule has 0 aliphatic rings. The second-order valence-corrected chi connectivity index (χ2v) is 7.77. The van der Waals surface area contributed by atoms with Gasteiger partial charge in [-0.05, 0) is 56.2 Å². The predicted molar refractivity (Wildman–Crippen MR) is 95.9 cm³/mol. The lowest BCUT2D eigenvalue weighted by atomic mass is 10.2. The number of sulfonamides is 1. The predicted octanol–water partition coefficient (Wildman–Crippen LogP) is 3.18. The molecule has 0 saturated carbocycles. The van der Waals surface area contributed by atoms with Crippen molar-refractivity contribution in [2.24, 2.45) is 0 Å². The van der Waals surface area contributed by atoms with Gasteiger partial charge in [0.15, 0.2) is 0 Å². The van der Waals surface area contributed by atoms with Crippen LogP contribution in [0.5, 0.6) is 0 Å². The maximum atomic E-state index is 12.3. The molecule has 0 aromatic heterocycles. The summed E-state index contributed by atoms with van der Waals surface area (Å²) < 4.78 is 27.0. The SMILES string of the molecule is Cc1ccc(S(=O)(=O)NCC(=O)Nc2ccc(Cl)cc2C)c(C)c1. The number of hydrogen-bond acceptors (Lipinski definition) is 3. The Hall–Kier alpha value is -1.89. The Morgan fingerprint density at radius 3 is 2.38 bits per heavy atom. The number of hydrogen-bond donors (Lipinski definition) is 2. The zero-order valence-electron chi connectivity index (χ0n) is 13.7. The van der Waals surface area contributed by atoms with E-state index in [0.29, 0.717) is 16.3 Å². The average Bonchev–Trinajstić information content (AvgIpc) is 2.48. The minimum absolute atomic E-state index is 0.170. The molecule has 5 nitrogen and oxygen atoms in total. The maximum Gasteiger partial charge on any atom is 0.241 e. The van der Waals surface area contributed by atoms with Crippen LogP contribution in [0.1, 0.15) is 16.7 Å². The summed E-state index contributed by atoms with van der Waals surface area (Å²) in [6.07, 6.45) is 0. The molecule has 0 heterocycles. The highest BCUT2D eigenvalue weighted by Crippen LogP contribution is 2.19. The van der Waals surface area contributed by atoms with Crippen LogP contribution in [-0.2, 0) is 14.8 Å². The average molecular weight is 367 g/mol. The highest BCUT2D eigenvalue weighted by molar-refractivity contribution is 7.89. The van der Waals surface area contributed by atoms with Crippen LogP contribution < -0.4 is 10.0 Å². The summed E-state index contributed by atoms with van der Waals surface area (Å²) in [5.41, 5.74) is 3.00. The van der Waals surface area contributed by atoms with Crippen LogP contribution in [0, 0.1) is 20.8 Å². The largest absolute Gasteiger partial charge is 0.325 e. The molecule has 1 amide bonds. The van der Waals surface area contributed by atoms with Gasteiger partial charge < -0.3 is 5.32 Å². The van der Waals surface area contributed by atoms with Gasteiger partial charge in [0.2, 0.25) is 15.9 Å². The topological polar surface area (TPSA) is 75.3 Å².